The zero-order valence-corrected chi connectivity index (χ0v) is 8.46. The number of rotatable bonds is 3. The third kappa shape index (κ3) is 2.25. The van der Waals surface area contributed by atoms with Gasteiger partial charge in [-0.2, -0.15) is 0 Å². The van der Waals surface area contributed by atoms with E-state index in [9.17, 15) is 13.6 Å². The quantitative estimate of drug-likeness (QED) is 0.855. The number of alkyl halides is 3. The fraction of sp³-hybridized carbons (Fsp3) is 0.250. The number of carbonyl (C=O) groups is 1. The number of hydrogen-bond donors (Lipinski definition) is 1. The molecule has 1 aromatic heterocycles. The molecule has 0 unspecified atom stereocenters. The Hall–Kier alpha value is -1.04. The third-order valence-electron chi connectivity index (χ3n) is 1.60. The van der Waals surface area contributed by atoms with Crippen molar-refractivity contribution in [2.24, 2.45) is 0 Å². The molecule has 0 saturated heterocycles. The van der Waals surface area contributed by atoms with Gasteiger partial charge < -0.3 is 5.11 Å². The Labute approximate surface area is 86.9 Å². The monoisotopic (exact) mass is 265 g/mol. The van der Waals surface area contributed by atoms with Crippen LogP contribution in [0.2, 0.25) is 0 Å². The van der Waals surface area contributed by atoms with Crippen LogP contribution in [0.15, 0.2) is 12.3 Å². The van der Waals surface area contributed by atoms with Crippen molar-refractivity contribution in [2.45, 2.75) is 11.8 Å². The highest BCUT2D eigenvalue weighted by molar-refractivity contribution is 9.08. The van der Waals surface area contributed by atoms with Crippen LogP contribution in [-0.4, -0.2) is 16.1 Å². The Morgan fingerprint density at radius 2 is 2.29 bits per heavy atom. The molecule has 14 heavy (non-hydrogen) atoms. The highest BCUT2D eigenvalue weighted by atomic mass is 79.9. The lowest BCUT2D eigenvalue weighted by Crippen LogP contribution is -2.05. The molecule has 0 saturated carbocycles. The van der Waals surface area contributed by atoms with Crippen LogP contribution in [0.5, 0.6) is 0 Å². The normalized spacial score (nSPS) is 10.6. The van der Waals surface area contributed by atoms with Gasteiger partial charge in [-0.3, -0.25) is 4.98 Å². The number of pyridine rings is 1. The van der Waals surface area contributed by atoms with Crippen molar-refractivity contribution in [3.8, 4) is 0 Å². The summed E-state index contributed by atoms with van der Waals surface area (Å²) in [6, 6.07) is 1.09. The zero-order valence-electron chi connectivity index (χ0n) is 6.88. The Morgan fingerprint density at radius 3 is 2.71 bits per heavy atom. The van der Waals surface area contributed by atoms with Crippen molar-refractivity contribution in [3.05, 3.63) is 29.1 Å². The molecule has 1 aromatic rings. The van der Waals surface area contributed by atoms with E-state index in [0.717, 1.165) is 12.3 Å². The molecule has 0 spiro atoms. The van der Waals surface area contributed by atoms with Crippen molar-refractivity contribution in [2.75, 3.05) is 0 Å². The summed E-state index contributed by atoms with van der Waals surface area (Å²) in [5.41, 5.74) is -0.572. The maximum Gasteiger partial charge on any atom is 0.337 e. The van der Waals surface area contributed by atoms with Crippen LogP contribution in [0, 0.1) is 0 Å². The van der Waals surface area contributed by atoms with E-state index in [1.807, 2.05) is 0 Å². The topological polar surface area (TPSA) is 50.2 Å². The molecular weight excluding hydrogens is 260 g/mol. The van der Waals surface area contributed by atoms with Gasteiger partial charge in [0.2, 0.25) is 0 Å². The second-order valence-corrected chi connectivity index (χ2v) is 3.06. The number of aromatic nitrogens is 1. The van der Waals surface area contributed by atoms with Crippen LogP contribution in [0.25, 0.3) is 0 Å². The Bertz CT molecular complexity index is 357. The lowest BCUT2D eigenvalue weighted by atomic mass is 10.1. The number of carboxylic acid groups (broad SMARTS) is 1. The minimum absolute atomic E-state index is 0.312. The van der Waals surface area contributed by atoms with Gasteiger partial charge in [-0.05, 0) is 6.07 Å². The van der Waals surface area contributed by atoms with Gasteiger partial charge in [0.25, 0.3) is 6.43 Å². The minimum atomic E-state index is -2.80. The van der Waals surface area contributed by atoms with Crippen molar-refractivity contribution >= 4 is 21.9 Å². The number of aromatic carboxylic acids is 1. The molecule has 1 N–H and O–H groups in total. The van der Waals surface area contributed by atoms with Gasteiger partial charge in [0.1, 0.15) is 0 Å². The molecule has 0 aliphatic carbocycles. The van der Waals surface area contributed by atoms with Crippen LogP contribution >= 0.6 is 15.9 Å². The molecule has 0 aliphatic heterocycles. The van der Waals surface area contributed by atoms with E-state index in [1.165, 1.54) is 0 Å². The number of nitrogens with zero attached hydrogens (tertiary/aromatic N) is 1. The van der Waals surface area contributed by atoms with Crippen LogP contribution in [0.4, 0.5) is 8.78 Å². The van der Waals surface area contributed by atoms with E-state index in [0.29, 0.717) is 11.0 Å². The number of hydrogen-bond acceptors (Lipinski definition) is 2. The van der Waals surface area contributed by atoms with Crippen molar-refractivity contribution in [3.63, 3.8) is 0 Å². The summed E-state index contributed by atoms with van der Waals surface area (Å²) in [7, 11) is 0. The van der Waals surface area contributed by atoms with Gasteiger partial charge in [-0.15, -0.1) is 0 Å². The molecule has 0 radical (unpaired) electrons. The molecule has 0 amide bonds. The van der Waals surface area contributed by atoms with E-state index in [1.54, 1.807) is 0 Å². The Balaban J connectivity index is 3.24. The summed E-state index contributed by atoms with van der Waals surface area (Å²) < 4.78 is 24.8. The minimum Gasteiger partial charge on any atom is -0.478 e. The summed E-state index contributed by atoms with van der Waals surface area (Å²) in [6.45, 7) is 0. The summed E-state index contributed by atoms with van der Waals surface area (Å²) in [6.07, 6.45) is -1.86. The molecule has 0 bridgehead atoms. The average Bonchev–Trinajstić information content (AvgIpc) is 2.16. The van der Waals surface area contributed by atoms with Crippen LogP contribution in [0.3, 0.4) is 0 Å². The van der Waals surface area contributed by atoms with E-state index in [2.05, 4.69) is 20.9 Å². The highest BCUT2D eigenvalue weighted by Gasteiger charge is 2.18. The van der Waals surface area contributed by atoms with Gasteiger partial charge in [0, 0.05) is 17.1 Å². The predicted molar refractivity (Wildman–Crippen MR) is 48.8 cm³/mol. The zero-order chi connectivity index (χ0) is 10.7. The standard InChI is InChI=1S/C8H6BrF2NO2/c9-2-4-1-5(7(10)11)6(3-12-4)8(13)14/h1,3,7H,2H2,(H,13,14). The van der Waals surface area contributed by atoms with Crippen LogP contribution < -0.4 is 0 Å². The molecule has 76 valence electrons. The average molecular weight is 266 g/mol. The molecule has 6 heteroatoms. The Kier molecular flexibility index (Phi) is 3.51. The van der Waals surface area contributed by atoms with Crippen molar-refractivity contribution in [1.82, 2.24) is 4.98 Å². The predicted octanol–water partition coefficient (Wildman–Crippen LogP) is 2.61. The summed E-state index contributed by atoms with van der Waals surface area (Å²) >= 11 is 3.05. The first-order valence-corrected chi connectivity index (χ1v) is 4.74. The van der Waals surface area contributed by atoms with Crippen molar-refractivity contribution in [1.29, 1.82) is 0 Å². The van der Waals surface area contributed by atoms with Gasteiger partial charge in [-0.25, -0.2) is 13.6 Å². The molecule has 1 heterocycles. The van der Waals surface area contributed by atoms with Gasteiger partial charge in [-0.1, -0.05) is 15.9 Å². The lowest BCUT2D eigenvalue weighted by Gasteiger charge is -2.05. The fourth-order valence-corrected chi connectivity index (χ4v) is 1.26. The van der Waals surface area contributed by atoms with Crippen molar-refractivity contribution < 1.29 is 18.7 Å². The Morgan fingerprint density at radius 1 is 1.64 bits per heavy atom. The molecule has 3 nitrogen and oxygen atoms in total. The maximum atomic E-state index is 12.4. The SMILES string of the molecule is O=C(O)c1cnc(CBr)cc1C(F)F. The molecule has 1 rings (SSSR count). The number of carboxylic acids is 1. The molecule has 0 aromatic carbocycles. The van der Waals surface area contributed by atoms with Gasteiger partial charge in [0.05, 0.1) is 11.3 Å². The van der Waals surface area contributed by atoms with Gasteiger partial charge in [0.15, 0.2) is 0 Å². The summed E-state index contributed by atoms with van der Waals surface area (Å²) in [5, 5.41) is 8.91. The van der Waals surface area contributed by atoms with Crippen LogP contribution in [-0.2, 0) is 5.33 Å². The van der Waals surface area contributed by atoms with E-state index < -0.39 is 23.5 Å². The highest BCUT2D eigenvalue weighted by Crippen LogP contribution is 2.23. The lowest BCUT2D eigenvalue weighted by molar-refractivity contribution is 0.0684. The van der Waals surface area contributed by atoms with E-state index >= 15 is 0 Å². The maximum absolute atomic E-state index is 12.4. The van der Waals surface area contributed by atoms with E-state index in [4.69, 9.17) is 5.11 Å². The second kappa shape index (κ2) is 4.45. The first-order valence-electron chi connectivity index (χ1n) is 3.62. The third-order valence-corrected chi connectivity index (χ3v) is 2.17. The smallest absolute Gasteiger partial charge is 0.337 e. The van der Waals surface area contributed by atoms with Gasteiger partial charge >= 0.3 is 5.97 Å². The molecular formula is C8H6BrF2NO2. The van der Waals surface area contributed by atoms with E-state index in [-0.39, 0.29) is 0 Å². The summed E-state index contributed by atoms with van der Waals surface area (Å²) in [4.78, 5) is 14.2. The fourth-order valence-electron chi connectivity index (χ4n) is 0.949. The number of halogens is 3. The molecule has 0 aliphatic rings. The first-order chi connectivity index (χ1) is 6.56. The second-order valence-electron chi connectivity index (χ2n) is 2.50. The molecule has 0 fully saturated rings. The first kappa shape index (κ1) is 11.0. The summed E-state index contributed by atoms with van der Waals surface area (Å²) in [5.74, 6) is -1.39. The van der Waals surface area contributed by atoms with Crippen LogP contribution in [0.1, 0.15) is 28.0 Å². The molecule has 0 atom stereocenters. The largest absolute Gasteiger partial charge is 0.478 e.